The molecule has 7 unspecified atom stereocenters. The zero-order valence-corrected chi connectivity index (χ0v) is 33.2. The highest BCUT2D eigenvalue weighted by Gasteiger charge is 2.38. The maximum atomic E-state index is 14.1. The lowest BCUT2D eigenvalue weighted by molar-refractivity contribution is -0.118. The van der Waals surface area contributed by atoms with Crippen molar-refractivity contribution in [1.82, 2.24) is 5.32 Å². The van der Waals surface area contributed by atoms with Crippen LogP contribution in [-0.2, 0) is 25.6 Å². The van der Waals surface area contributed by atoms with E-state index in [9.17, 15) is 14.6 Å². The standard InChI is InChI=1S/C45H69FN2O6/c1-4-13-37-40(23-19-35-20-24-41(54-44(35)37)45(50)48-25-11-7-10-16-39(49)31(3)47)51-26-12-27-52-42-29-43(53-30-32-14-8-6-9-15-32)38(28-33(42)5-2)34-17-21-36(46)22-18-34/h6,8-9,14-15,19,23,28-29,31,33-36,39,41-42,44-45,48-50H,4-5,7,10-13,16-18,20-22,24-27,30,47H2,1-3H3/t31?,33?,34?,35?,36?,39?,41?,42-,44?,45?/m1/s1. The van der Waals surface area contributed by atoms with Crippen molar-refractivity contribution in [3.05, 3.63) is 82.9 Å². The van der Waals surface area contributed by atoms with Gasteiger partial charge in [0.05, 0.1) is 37.6 Å². The summed E-state index contributed by atoms with van der Waals surface area (Å²) in [5.41, 5.74) is 9.30. The third-order valence-electron chi connectivity index (χ3n) is 11.7. The molecule has 3 aliphatic carbocycles. The summed E-state index contributed by atoms with van der Waals surface area (Å²) >= 11 is 0. The largest absolute Gasteiger partial charge is 0.493 e. The molecule has 1 aliphatic heterocycles. The Labute approximate surface area is 324 Å². The number of hydrogen-bond acceptors (Lipinski definition) is 8. The van der Waals surface area contributed by atoms with Crippen LogP contribution in [0.1, 0.15) is 116 Å². The number of nitrogens with one attached hydrogen (secondary N) is 1. The van der Waals surface area contributed by atoms with Crippen LogP contribution >= 0.6 is 0 Å². The Hall–Kier alpha value is -2.53. The summed E-state index contributed by atoms with van der Waals surface area (Å²) in [6.07, 6.45) is 18.4. The van der Waals surface area contributed by atoms with E-state index in [1.165, 1.54) is 11.1 Å². The van der Waals surface area contributed by atoms with Crippen molar-refractivity contribution in [1.29, 1.82) is 0 Å². The highest BCUT2D eigenvalue weighted by Crippen LogP contribution is 2.41. The fourth-order valence-corrected chi connectivity index (χ4v) is 8.40. The van der Waals surface area contributed by atoms with Gasteiger partial charge in [-0.3, -0.25) is 5.32 Å². The van der Waals surface area contributed by atoms with Crippen LogP contribution in [0.4, 0.5) is 4.39 Å². The van der Waals surface area contributed by atoms with Crippen molar-refractivity contribution in [3.8, 4) is 0 Å². The van der Waals surface area contributed by atoms with Gasteiger partial charge in [-0.15, -0.1) is 0 Å². The highest BCUT2D eigenvalue weighted by atomic mass is 19.1. The first-order valence-electron chi connectivity index (χ1n) is 21.2. The van der Waals surface area contributed by atoms with Gasteiger partial charge in [0.25, 0.3) is 0 Å². The predicted molar refractivity (Wildman–Crippen MR) is 213 cm³/mol. The number of unbranched alkanes of at least 4 members (excludes halogenated alkanes) is 2. The lowest BCUT2D eigenvalue weighted by Crippen LogP contribution is -2.48. The maximum absolute atomic E-state index is 14.1. The summed E-state index contributed by atoms with van der Waals surface area (Å²) in [6.45, 7) is 8.52. The van der Waals surface area contributed by atoms with Crippen LogP contribution in [0, 0.1) is 17.8 Å². The molecule has 8 nitrogen and oxygen atoms in total. The van der Waals surface area contributed by atoms with Crippen LogP contribution in [0.25, 0.3) is 0 Å². The molecule has 5 rings (SSSR count). The quantitative estimate of drug-likeness (QED) is 0.0691. The molecule has 5 N–H and O–H groups in total. The molecule has 1 heterocycles. The van der Waals surface area contributed by atoms with Crippen LogP contribution in [0.3, 0.4) is 0 Å². The molecule has 0 amide bonds. The smallest absolute Gasteiger partial charge is 0.131 e. The molecule has 0 radical (unpaired) electrons. The van der Waals surface area contributed by atoms with Gasteiger partial charge >= 0.3 is 0 Å². The van der Waals surface area contributed by atoms with E-state index in [2.05, 4.69) is 55.6 Å². The average molecular weight is 753 g/mol. The second-order valence-electron chi connectivity index (χ2n) is 16.0. The molecule has 1 saturated carbocycles. The molecule has 1 saturated heterocycles. The summed E-state index contributed by atoms with van der Waals surface area (Å²) in [4.78, 5) is 0. The Morgan fingerprint density at radius 1 is 0.944 bits per heavy atom. The van der Waals surface area contributed by atoms with E-state index in [0.29, 0.717) is 51.5 Å². The minimum Gasteiger partial charge on any atom is -0.493 e. The summed E-state index contributed by atoms with van der Waals surface area (Å²) in [5.74, 6) is 2.64. The number of ether oxygens (including phenoxy) is 4. The van der Waals surface area contributed by atoms with Crippen molar-refractivity contribution < 1.29 is 33.6 Å². The first-order valence-corrected chi connectivity index (χ1v) is 21.2. The van der Waals surface area contributed by atoms with E-state index in [1.54, 1.807) is 0 Å². The van der Waals surface area contributed by atoms with Crippen molar-refractivity contribution in [2.45, 2.75) is 160 Å². The molecule has 0 bridgehead atoms. The van der Waals surface area contributed by atoms with Gasteiger partial charge < -0.3 is 34.9 Å². The third kappa shape index (κ3) is 12.5. The minimum atomic E-state index is -0.725. The first kappa shape index (κ1) is 42.6. The topological polar surface area (TPSA) is 115 Å². The molecule has 0 spiro atoms. The number of nitrogens with two attached hydrogens (primary N) is 1. The summed E-state index contributed by atoms with van der Waals surface area (Å²) in [6, 6.07) is 10.0. The van der Waals surface area contributed by atoms with Gasteiger partial charge in [-0.05, 0) is 107 Å². The van der Waals surface area contributed by atoms with Crippen molar-refractivity contribution in [2.75, 3.05) is 19.8 Å². The molecular weight excluding hydrogens is 684 g/mol. The van der Waals surface area contributed by atoms with Crippen LogP contribution in [-0.4, -0.2) is 72.8 Å². The van der Waals surface area contributed by atoms with Gasteiger partial charge in [0, 0.05) is 29.9 Å². The van der Waals surface area contributed by atoms with Crippen molar-refractivity contribution >= 4 is 0 Å². The van der Waals surface area contributed by atoms with Crippen LogP contribution < -0.4 is 11.1 Å². The first-order chi connectivity index (χ1) is 26.3. The van der Waals surface area contributed by atoms with Gasteiger partial charge in [-0.1, -0.05) is 75.6 Å². The van der Waals surface area contributed by atoms with Crippen LogP contribution in [0.5, 0.6) is 0 Å². The number of alkyl halides is 1. The third-order valence-corrected chi connectivity index (χ3v) is 11.7. The lowest BCUT2D eigenvalue weighted by Gasteiger charge is -2.40. The summed E-state index contributed by atoms with van der Waals surface area (Å²) in [7, 11) is 0. The van der Waals surface area contributed by atoms with Crippen molar-refractivity contribution in [2.24, 2.45) is 23.5 Å². The fraction of sp³-hybridized carbons (Fsp3) is 0.689. The zero-order valence-electron chi connectivity index (χ0n) is 33.2. The van der Waals surface area contributed by atoms with E-state index < -0.39 is 18.5 Å². The fourth-order valence-electron chi connectivity index (χ4n) is 8.40. The predicted octanol–water partition coefficient (Wildman–Crippen LogP) is 8.34. The molecule has 4 aliphatic rings. The molecule has 54 heavy (non-hydrogen) atoms. The van der Waals surface area contributed by atoms with Gasteiger partial charge in [-0.2, -0.15) is 0 Å². The Morgan fingerprint density at radius 2 is 1.74 bits per heavy atom. The van der Waals surface area contributed by atoms with Crippen molar-refractivity contribution in [3.63, 3.8) is 0 Å². The minimum absolute atomic E-state index is 0.0901. The molecule has 1 aromatic rings. The number of rotatable bonds is 22. The Bertz CT molecular complexity index is 1370. The normalized spacial score (nSPS) is 28.8. The molecular formula is C45H69FN2O6. The lowest BCUT2D eigenvalue weighted by atomic mass is 9.77. The van der Waals surface area contributed by atoms with Gasteiger partial charge in [-0.25, -0.2) is 4.39 Å². The SMILES string of the molecule is CCCC1=C(OCCCO[C@@H]2C=C(OCc3ccccc3)C(C3CCC(F)CC3)=CC2CC)C=CC2CCC(C(O)NCCCCCC(O)C(C)N)OC12. The highest BCUT2D eigenvalue weighted by molar-refractivity contribution is 5.35. The van der Waals surface area contributed by atoms with Gasteiger partial charge in [0.15, 0.2) is 0 Å². The van der Waals surface area contributed by atoms with Gasteiger partial charge in [0.2, 0.25) is 0 Å². The Kier molecular flexibility index (Phi) is 17.6. The number of aliphatic hydroxyl groups is 2. The van der Waals surface area contributed by atoms with E-state index in [4.69, 9.17) is 24.7 Å². The van der Waals surface area contributed by atoms with Crippen LogP contribution in [0.15, 0.2) is 77.3 Å². The maximum Gasteiger partial charge on any atom is 0.131 e. The van der Waals surface area contributed by atoms with E-state index >= 15 is 0 Å². The monoisotopic (exact) mass is 753 g/mol. The van der Waals surface area contributed by atoms with Crippen LogP contribution in [0.2, 0.25) is 0 Å². The summed E-state index contributed by atoms with van der Waals surface area (Å²) in [5, 5.41) is 24.2. The van der Waals surface area contributed by atoms with E-state index in [0.717, 1.165) is 87.7 Å². The number of halogens is 1. The molecule has 2 fully saturated rings. The van der Waals surface area contributed by atoms with Gasteiger partial charge in [0.1, 0.15) is 30.5 Å². The second-order valence-corrected chi connectivity index (χ2v) is 16.0. The molecule has 8 atom stereocenters. The number of fused-ring (bicyclic) bond motifs is 1. The number of allylic oxidation sites excluding steroid dienone is 2. The molecule has 1 aromatic carbocycles. The van der Waals surface area contributed by atoms with E-state index in [-0.39, 0.29) is 36.2 Å². The molecule has 0 aromatic heterocycles. The Morgan fingerprint density at radius 3 is 2.48 bits per heavy atom. The molecule has 9 heteroatoms. The zero-order chi connectivity index (χ0) is 38.3. The molecule has 302 valence electrons. The number of aliphatic hydroxyl groups excluding tert-OH is 2. The summed E-state index contributed by atoms with van der Waals surface area (Å²) < 4.78 is 40.1. The second kappa shape index (κ2) is 22.3. The average Bonchev–Trinajstić information content (AvgIpc) is 3.19. The number of hydrogen-bond donors (Lipinski definition) is 4. The number of benzene rings is 1. The Balaban J connectivity index is 1.12. The van der Waals surface area contributed by atoms with E-state index in [1.807, 2.05) is 25.1 Å².